The first-order chi connectivity index (χ1) is 10.7. The molecule has 1 aliphatic heterocycles. The Morgan fingerprint density at radius 3 is 3.05 bits per heavy atom. The normalized spacial score (nSPS) is 18.0. The molecule has 0 bridgehead atoms. The molecule has 0 saturated carbocycles. The van der Waals surface area contributed by atoms with Crippen molar-refractivity contribution < 1.29 is 9.32 Å². The smallest absolute Gasteiger partial charge is 0.257 e. The Hall–Kier alpha value is -1.95. The predicted octanol–water partition coefficient (Wildman–Crippen LogP) is 2.00. The van der Waals surface area contributed by atoms with Crippen molar-refractivity contribution in [2.45, 2.75) is 39.2 Å². The van der Waals surface area contributed by atoms with Crippen LogP contribution in [0.2, 0.25) is 0 Å². The Labute approximate surface area is 129 Å². The number of fused-ring (bicyclic) bond motifs is 1. The van der Waals surface area contributed by atoms with Crippen molar-refractivity contribution in [2.75, 3.05) is 19.6 Å². The van der Waals surface area contributed by atoms with Gasteiger partial charge >= 0.3 is 0 Å². The average Bonchev–Trinajstić information content (AvgIpc) is 3.20. The molecule has 1 saturated heterocycles. The lowest BCUT2D eigenvalue weighted by molar-refractivity contribution is 0.0692. The van der Waals surface area contributed by atoms with E-state index in [1.54, 1.807) is 6.20 Å². The number of rotatable bonds is 5. The third-order valence-corrected chi connectivity index (χ3v) is 4.19. The van der Waals surface area contributed by atoms with Gasteiger partial charge < -0.3 is 14.7 Å². The van der Waals surface area contributed by atoms with Crippen LogP contribution in [0.5, 0.6) is 0 Å². The van der Waals surface area contributed by atoms with Gasteiger partial charge in [-0.15, -0.1) is 0 Å². The molecule has 2 aromatic heterocycles. The highest BCUT2D eigenvalue weighted by Crippen LogP contribution is 2.20. The lowest BCUT2D eigenvalue weighted by atomic mass is 10.1. The standard InChI is InChI=1S/C16H22N4O2/c1-3-7-20(12-5-6-17-10-12)16(21)11-8-13-14(4-2)19-22-15(13)18-9-11/h8-9,12,17H,3-7,10H2,1-2H3. The van der Waals surface area contributed by atoms with Crippen molar-refractivity contribution in [1.82, 2.24) is 20.4 Å². The van der Waals surface area contributed by atoms with Gasteiger partial charge in [-0.05, 0) is 31.9 Å². The molecule has 1 amide bonds. The van der Waals surface area contributed by atoms with Gasteiger partial charge in [0, 0.05) is 25.3 Å². The quantitative estimate of drug-likeness (QED) is 0.914. The molecule has 3 heterocycles. The number of hydrogen-bond acceptors (Lipinski definition) is 5. The summed E-state index contributed by atoms with van der Waals surface area (Å²) in [6, 6.07) is 2.14. The summed E-state index contributed by atoms with van der Waals surface area (Å²) in [7, 11) is 0. The number of hydrogen-bond donors (Lipinski definition) is 1. The monoisotopic (exact) mass is 302 g/mol. The van der Waals surface area contributed by atoms with Gasteiger partial charge in [0.25, 0.3) is 11.6 Å². The first kappa shape index (κ1) is 15.0. The molecule has 0 radical (unpaired) electrons. The summed E-state index contributed by atoms with van der Waals surface area (Å²) in [5.41, 5.74) is 1.96. The molecule has 1 unspecified atom stereocenters. The highest BCUT2D eigenvalue weighted by molar-refractivity contribution is 5.97. The number of amides is 1. The van der Waals surface area contributed by atoms with E-state index in [0.29, 0.717) is 11.3 Å². The van der Waals surface area contributed by atoms with Crippen LogP contribution in [-0.4, -0.2) is 46.6 Å². The van der Waals surface area contributed by atoms with E-state index in [2.05, 4.69) is 22.4 Å². The Morgan fingerprint density at radius 1 is 1.50 bits per heavy atom. The molecule has 6 heteroatoms. The Morgan fingerprint density at radius 2 is 2.36 bits per heavy atom. The molecule has 0 aliphatic carbocycles. The number of carbonyl (C=O) groups is 1. The molecule has 0 spiro atoms. The predicted molar refractivity (Wildman–Crippen MR) is 83.8 cm³/mol. The molecule has 1 aliphatic rings. The maximum absolute atomic E-state index is 12.9. The van der Waals surface area contributed by atoms with Crippen molar-refractivity contribution in [2.24, 2.45) is 0 Å². The lowest BCUT2D eigenvalue weighted by Gasteiger charge is -2.28. The van der Waals surface area contributed by atoms with Gasteiger partial charge in [0.2, 0.25) is 0 Å². The number of aryl methyl sites for hydroxylation is 1. The molecule has 1 fully saturated rings. The molecule has 6 nitrogen and oxygen atoms in total. The van der Waals surface area contributed by atoms with Crippen molar-refractivity contribution in [3.63, 3.8) is 0 Å². The molecule has 0 aromatic carbocycles. The molecule has 3 rings (SSSR count). The Balaban J connectivity index is 1.91. The van der Waals surface area contributed by atoms with Gasteiger partial charge in [-0.2, -0.15) is 0 Å². The van der Waals surface area contributed by atoms with E-state index in [0.717, 1.165) is 50.0 Å². The topological polar surface area (TPSA) is 71.3 Å². The minimum atomic E-state index is 0.0493. The number of nitrogens with one attached hydrogen (secondary N) is 1. The van der Waals surface area contributed by atoms with Crippen LogP contribution in [0.4, 0.5) is 0 Å². The van der Waals surface area contributed by atoms with Crippen LogP contribution >= 0.6 is 0 Å². The third-order valence-electron chi connectivity index (χ3n) is 4.19. The number of nitrogens with zero attached hydrogens (tertiary/aromatic N) is 3. The van der Waals surface area contributed by atoms with Crippen LogP contribution in [0.15, 0.2) is 16.8 Å². The van der Waals surface area contributed by atoms with E-state index in [-0.39, 0.29) is 11.9 Å². The van der Waals surface area contributed by atoms with E-state index in [9.17, 15) is 4.79 Å². The van der Waals surface area contributed by atoms with Gasteiger partial charge in [0.1, 0.15) is 0 Å². The highest BCUT2D eigenvalue weighted by Gasteiger charge is 2.27. The van der Waals surface area contributed by atoms with Gasteiger partial charge in [-0.3, -0.25) is 4.79 Å². The fraction of sp³-hybridized carbons (Fsp3) is 0.562. The van der Waals surface area contributed by atoms with Crippen molar-refractivity contribution in [3.05, 3.63) is 23.5 Å². The van der Waals surface area contributed by atoms with Gasteiger partial charge in [-0.1, -0.05) is 19.0 Å². The van der Waals surface area contributed by atoms with Crippen molar-refractivity contribution in [1.29, 1.82) is 0 Å². The van der Waals surface area contributed by atoms with Gasteiger partial charge in [0.15, 0.2) is 0 Å². The second kappa shape index (κ2) is 6.44. The maximum Gasteiger partial charge on any atom is 0.257 e. The highest BCUT2D eigenvalue weighted by atomic mass is 16.5. The van der Waals surface area contributed by atoms with E-state index >= 15 is 0 Å². The molecule has 118 valence electrons. The molecule has 22 heavy (non-hydrogen) atoms. The van der Waals surface area contributed by atoms with Crippen LogP contribution < -0.4 is 5.32 Å². The summed E-state index contributed by atoms with van der Waals surface area (Å²) < 4.78 is 5.19. The van der Waals surface area contributed by atoms with Crippen molar-refractivity contribution >= 4 is 17.0 Å². The molecular weight excluding hydrogens is 280 g/mol. The minimum absolute atomic E-state index is 0.0493. The first-order valence-corrected chi connectivity index (χ1v) is 8.00. The summed E-state index contributed by atoms with van der Waals surface area (Å²) in [4.78, 5) is 19.1. The number of aromatic nitrogens is 2. The molecule has 2 aromatic rings. The fourth-order valence-corrected chi connectivity index (χ4v) is 3.01. The summed E-state index contributed by atoms with van der Waals surface area (Å²) in [6.07, 6.45) is 4.32. The number of pyridine rings is 1. The number of carbonyl (C=O) groups excluding carboxylic acids is 1. The van der Waals surface area contributed by atoms with Crippen LogP contribution in [0.3, 0.4) is 0 Å². The summed E-state index contributed by atoms with van der Waals surface area (Å²) in [6.45, 7) is 6.72. The van der Waals surface area contributed by atoms with Gasteiger partial charge in [-0.25, -0.2) is 4.98 Å². The third kappa shape index (κ3) is 2.70. The summed E-state index contributed by atoms with van der Waals surface area (Å²) in [5.74, 6) is 0.0493. The maximum atomic E-state index is 12.9. The lowest BCUT2D eigenvalue weighted by Crippen LogP contribution is -2.42. The van der Waals surface area contributed by atoms with E-state index in [1.807, 2.05) is 17.9 Å². The Kier molecular flexibility index (Phi) is 4.38. The van der Waals surface area contributed by atoms with E-state index in [1.165, 1.54) is 0 Å². The first-order valence-electron chi connectivity index (χ1n) is 8.00. The van der Waals surface area contributed by atoms with E-state index < -0.39 is 0 Å². The SMILES string of the molecule is CCCN(C(=O)c1cnc2onc(CC)c2c1)C1CCNC1. The average molecular weight is 302 g/mol. The zero-order valence-electron chi connectivity index (χ0n) is 13.1. The van der Waals surface area contributed by atoms with E-state index in [4.69, 9.17) is 4.52 Å². The van der Waals surface area contributed by atoms with Crippen LogP contribution in [0.25, 0.3) is 11.1 Å². The van der Waals surface area contributed by atoms with Crippen molar-refractivity contribution in [3.8, 4) is 0 Å². The molecular formula is C16H22N4O2. The minimum Gasteiger partial charge on any atom is -0.336 e. The molecule has 1 N–H and O–H groups in total. The molecule has 1 atom stereocenters. The van der Waals surface area contributed by atoms with Crippen LogP contribution in [-0.2, 0) is 6.42 Å². The zero-order valence-corrected chi connectivity index (χ0v) is 13.1. The second-order valence-corrected chi connectivity index (χ2v) is 5.70. The van der Waals surface area contributed by atoms with Crippen LogP contribution in [0, 0.1) is 0 Å². The Bertz CT molecular complexity index is 661. The largest absolute Gasteiger partial charge is 0.336 e. The van der Waals surface area contributed by atoms with Crippen LogP contribution in [0.1, 0.15) is 42.7 Å². The van der Waals surface area contributed by atoms with Gasteiger partial charge in [0.05, 0.1) is 16.6 Å². The zero-order chi connectivity index (χ0) is 15.5. The second-order valence-electron chi connectivity index (χ2n) is 5.70. The summed E-state index contributed by atoms with van der Waals surface area (Å²) in [5, 5.41) is 8.17. The summed E-state index contributed by atoms with van der Waals surface area (Å²) >= 11 is 0. The fourth-order valence-electron chi connectivity index (χ4n) is 3.01.